The van der Waals surface area contributed by atoms with Crippen molar-refractivity contribution in [2.75, 3.05) is 36.7 Å². The van der Waals surface area contributed by atoms with E-state index < -0.39 is 5.91 Å². The van der Waals surface area contributed by atoms with Crippen molar-refractivity contribution >= 4 is 45.7 Å². The number of thioether (sulfide) groups is 1. The summed E-state index contributed by atoms with van der Waals surface area (Å²) in [7, 11) is 2.98. The van der Waals surface area contributed by atoms with Gasteiger partial charge in [-0.2, -0.15) is 0 Å². The van der Waals surface area contributed by atoms with Crippen LogP contribution in [0.2, 0.25) is 0 Å². The summed E-state index contributed by atoms with van der Waals surface area (Å²) >= 11 is 2.52. The van der Waals surface area contributed by atoms with Gasteiger partial charge in [-0.1, -0.05) is 47.4 Å². The van der Waals surface area contributed by atoms with Crippen molar-refractivity contribution in [1.29, 1.82) is 0 Å². The summed E-state index contributed by atoms with van der Waals surface area (Å²) in [6.07, 6.45) is 1.94. The molecule has 0 unspecified atom stereocenters. The Labute approximate surface area is 193 Å². The maximum atomic E-state index is 12.8. The molecule has 166 valence electrons. The fourth-order valence-electron chi connectivity index (χ4n) is 3.55. The van der Waals surface area contributed by atoms with Gasteiger partial charge in [0.05, 0.1) is 20.0 Å². The molecule has 1 N–H and O–H groups in total. The summed E-state index contributed by atoms with van der Waals surface area (Å²) in [4.78, 5) is 27.4. The minimum absolute atomic E-state index is 0.0293. The van der Waals surface area contributed by atoms with Crippen molar-refractivity contribution < 1.29 is 19.1 Å². The lowest BCUT2D eigenvalue weighted by atomic mass is 10.0. The Balaban J connectivity index is 1.39. The quantitative estimate of drug-likeness (QED) is 0.414. The zero-order chi connectivity index (χ0) is 22.5. The molecule has 2 aromatic carbocycles. The van der Waals surface area contributed by atoms with Gasteiger partial charge in [-0.3, -0.25) is 14.9 Å². The third-order valence-corrected chi connectivity index (χ3v) is 6.97. The standard InChI is InChI=1S/C22H22N4O4S2/c1-29-16-10-5-11-17(30-2)19(16)20(28)23-21-24-25-22(32-21)31-13-18(27)26-12-6-8-14-7-3-4-9-15(14)26/h3-5,7,9-11H,6,8,12-13H2,1-2H3,(H,23,24,28). The van der Waals surface area contributed by atoms with Crippen LogP contribution in [0.5, 0.6) is 11.5 Å². The van der Waals surface area contributed by atoms with Gasteiger partial charge in [0.1, 0.15) is 17.1 Å². The first-order chi connectivity index (χ1) is 15.6. The van der Waals surface area contributed by atoms with Crippen LogP contribution >= 0.6 is 23.1 Å². The van der Waals surface area contributed by atoms with Crippen LogP contribution in [0.1, 0.15) is 22.3 Å². The number of fused-ring (bicyclic) bond motifs is 1. The summed E-state index contributed by atoms with van der Waals surface area (Å²) in [6.45, 7) is 0.717. The Kier molecular flexibility index (Phi) is 6.91. The van der Waals surface area contributed by atoms with Crippen molar-refractivity contribution in [2.24, 2.45) is 0 Å². The molecule has 1 aromatic heterocycles. The Morgan fingerprint density at radius 2 is 1.84 bits per heavy atom. The van der Waals surface area contributed by atoms with Crippen molar-refractivity contribution in [3.63, 3.8) is 0 Å². The number of nitrogens with zero attached hydrogens (tertiary/aromatic N) is 3. The fourth-order valence-corrected chi connectivity index (χ4v) is 5.17. The van der Waals surface area contributed by atoms with Gasteiger partial charge >= 0.3 is 0 Å². The molecule has 0 saturated carbocycles. The molecule has 1 aliphatic heterocycles. The first-order valence-corrected chi connectivity index (χ1v) is 11.8. The van der Waals surface area contributed by atoms with E-state index >= 15 is 0 Å². The molecule has 2 amide bonds. The maximum absolute atomic E-state index is 12.8. The van der Waals surface area contributed by atoms with Gasteiger partial charge in [0.15, 0.2) is 4.34 Å². The highest BCUT2D eigenvalue weighted by Gasteiger charge is 2.23. The van der Waals surface area contributed by atoms with Crippen molar-refractivity contribution in [3.05, 3.63) is 53.6 Å². The summed E-state index contributed by atoms with van der Waals surface area (Å²) < 4.78 is 11.2. The highest BCUT2D eigenvalue weighted by molar-refractivity contribution is 8.01. The third kappa shape index (κ3) is 4.71. The summed E-state index contributed by atoms with van der Waals surface area (Å²) in [5.74, 6) is 0.661. The number of aromatic nitrogens is 2. The highest BCUT2D eigenvalue weighted by atomic mass is 32.2. The summed E-state index contributed by atoms with van der Waals surface area (Å²) in [5, 5.41) is 11.2. The molecule has 0 aliphatic carbocycles. The van der Waals surface area contributed by atoms with Gasteiger partial charge in [-0.15, -0.1) is 10.2 Å². The predicted molar refractivity (Wildman–Crippen MR) is 125 cm³/mol. The second-order valence-electron chi connectivity index (χ2n) is 6.93. The Bertz CT molecular complexity index is 1110. The fraction of sp³-hybridized carbons (Fsp3) is 0.273. The third-order valence-electron chi connectivity index (χ3n) is 5.01. The molecule has 2 heterocycles. The second-order valence-corrected chi connectivity index (χ2v) is 9.13. The van der Waals surface area contributed by atoms with E-state index in [2.05, 4.69) is 21.6 Å². The predicted octanol–water partition coefficient (Wildman–Crippen LogP) is 3.88. The van der Waals surface area contributed by atoms with Gasteiger partial charge in [0.2, 0.25) is 11.0 Å². The van der Waals surface area contributed by atoms with E-state index in [1.807, 2.05) is 23.1 Å². The molecule has 0 spiro atoms. The van der Waals surface area contributed by atoms with Crippen LogP contribution in [0.25, 0.3) is 0 Å². The van der Waals surface area contributed by atoms with E-state index in [1.54, 1.807) is 18.2 Å². The number of hydrogen-bond donors (Lipinski definition) is 1. The Morgan fingerprint density at radius 3 is 2.59 bits per heavy atom. The van der Waals surface area contributed by atoms with Gasteiger partial charge in [0.25, 0.3) is 5.91 Å². The van der Waals surface area contributed by atoms with E-state index in [-0.39, 0.29) is 17.2 Å². The molecule has 0 saturated heterocycles. The van der Waals surface area contributed by atoms with E-state index in [0.717, 1.165) is 18.5 Å². The largest absolute Gasteiger partial charge is 0.496 e. The molecule has 3 aromatic rings. The number of carbonyl (C=O) groups excluding carboxylic acids is 2. The lowest BCUT2D eigenvalue weighted by molar-refractivity contribution is -0.116. The monoisotopic (exact) mass is 470 g/mol. The van der Waals surface area contributed by atoms with Crippen molar-refractivity contribution in [2.45, 2.75) is 17.2 Å². The highest BCUT2D eigenvalue weighted by Crippen LogP contribution is 2.32. The topological polar surface area (TPSA) is 93.6 Å². The van der Waals surface area contributed by atoms with E-state index in [0.29, 0.717) is 27.5 Å². The first kappa shape index (κ1) is 22.1. The Morgan fingerprint density at radius 1 is 1.09 bits per heavy atom. The molecule has 1 aliphatic rings. The van der Waals surface area contributed by atoms with Gasteiger partial charge in [0, 0.05) is 12.2 Å². The summed E-state index contributed by atoms with van der Waals surface area (Å²) in [6, 6.07) is 13.1. The first-order valence-electron chi connectivity index (χ1n) is 9.97. The van der Waals surface area contributed by atoms with Crippen LogP contribution in [0.4, 0.5) is 10.8 Å². The van der Waals surface area contributed by atoms with Crippen LogP contribution in [-0.2, 0) is 11.2 Å². The molecular weight excluding hydrogens is 448 g/mol. The number of nitrogens with one attached hydrogen (secondary N) is 1. The smallest absolute Gasteiger partial charge is 0.265 e. The van der Waals surface area contributed by atoms with Crippen LogP contribution < -0.4 is 19.7 Å². The molecule has 0 fully saturated rings. The SMILES string of the molecule is COc1cccc(OC)c1C(=O)Nc1nnc(SCC(=O)N2CCCc3ccccc32)s1. The lowest BCUT2D eigenvalue weighted by Crippen LogP contribution is -2.36. The zero-order valence-corrected chi connectivity index (χ0v) is 19.3. The van der Waals surface area contributed by atoms with Crippen LogP contribution in [-0.4, -0.2) is 48.5 Å². The average Bonchev–Trinajstić information content (AvgIpc) is 3.28. The number of carbonyl (C=O) groups is 2. The molecule has 0 atom stereocenters. The number of anilines is 2. The molecule has 10 heteroatoms. The van der Waals surface area contributed by atoms with Gasteiger partial charge in [-0.05, 0) is 36.6 Å². The molecule has 32 heavy (non-hydrogen) atoms. The molecule has 0 radical (unpaired) electrons. The molecular formula is C22H22N4O4S2. The van der Waals surface area contributed by atoms with Crippen LogP contribution in [0.15, 0.2) is 46.8 Å². The number of amides is 2. The Hall–Kier alpha value is -3.11. The molecule has 4 rings (SSSR count). The number of aryl methyl sites for hydroxylation is 1. The van der Waals surface area contributed by atoms with Crippen molar-refractivity contribution in [1.82, 2.24) is 10.2 Å². The van der Waals surface area contributed by atoms with Crippen molar-refractivity contribution in [3.8, 4) is 11.5 Å². The van der Waals surface area contributed by atoms with E-state index in [4.69, 9.17) is 9.47 Å². The van der Waals surface area contributed by atoms with E-state index in [9.17, 15) is 9.59 Å². The zero-order valence-electron chi connectivity index (χ0n) is 17.7. The van der Waals surface area contributed by atoms with Crippen LogP contribution in [0.3, 0.4) is 0 Å². The average molecular weight is 471 g/mol. The molecule has 0 bridgehead atoms. The maximum Gasteiger partial charge on any atom is 0.265 e. The van der Waals surface area contributed by atoms with Gasteiger partial charge in [-0.25, -0.2) is 0 Å². The molecule has 8 nitrogen and oxygen atoms in total. The lowest BCUT2D eigenvalue weighted by Gasteiger charge is -2.29. The second kappa shape index (κ2) is 10.0. The van der Waals surface area contributed by atoms with Gasteiger partial charge < -0.3 is 14.4 Å². The minimum atomic E-state index is -0.409. The van der Waals surface area contributed by atoms with E-state index in [1.165, 1.54) is 42.9 Å². The normalized spacial score (nSPS) is 12.8. The van der Waals surface area contributed by atoms with Crippen LogP contribution in [0, 0.1) is 0 Å². The summed E-state index contributed by atoms with van der Waals surface area (Å²) in [5.41, 5.74) is 2.46. The number of para-hydroxylation sites is 1. The number of methoxy groups -OCH3 is 2. The minimum Gasteiger partial charge on any atom is -0.496 e. The number of benzene rings is 2. The number of rotatable bonds is 7. The number of hydrogen-bond acceptors (Lipinski definition) is 8. The number of ether oxygens (including phenoxy) is 2.